The van der Waals surface area contributed by atoms with Gasteiger partial charge >= 0.3 is 12.2 Å². The average molecular weight is 523 g/mol. The van der Waals surface area contributed by atoms with Crippen molar-refractivity contribution < 1.29 is 35.1 Å². The van der Waals surface area contributed by atoms with E-state index in [0.717, 1.165) is 16.7 Å². The van der Waals surface area contributed by atoms with Gasteiger partial charge in [0.25, 0.3) is 15.6 Å². The summed E-state index contributed by atoms with van der Waals surface area (Å²) in [7, 11) is -2.82. The van der Waals surface area contributed by atoms with E-state index in [2.05, 4.69) is 9.71 Å². The molecular formula is C23H17F4N3O5S. The van der Waals surface area contributed by atoms with Gasteiger partial charge in [0.15, 0.2) is 0 Å². The van der Waals surface area contributed by atoms with Crippen molar-refractivity contribution in [1.29, 1.82) is 0 Å². The van der Waals surface area contributed by atoms with Crippen molar-refractivity contribution in [2.75, 3.05) is 11.8 Å². The van der Waals surface area contributed by atoms with Gasteiger partial charge in [-0.05, 0) is 48.2 Å². The Kier molecular flexibility index (Phi) is 5.54. The average Bonchev–Trinajstić information content (AvgIpc) is 3.48. The first-order valence-corrected chi connectivity index (χ1v) is 12.0. The number of nitrogens with one attached hydrogen (secondary N) is 1. The van der Waals surface area contributed by atoms with Crippen LogP contribution in [0, 0.1) is 11.7 Å². The first-order valence-electron chi connectivity index (χ1n) is 10.5. The Labute approximate surface area is 201 Å². The van der Waals surface area contributed by atoms with E-state index in [9.17, 15) is 30.8 Å². The number of anilines is 1. The van der Waals surface area contributed by atoms with Gasteiger partial charge in [0.2, 0.25) is 0 Å². The molecule has 4 aromatic rings. The van der Waals surface area contributed by atoms with Crippen molar-refractivity contribution in [2.24, 2.45) is 5.92 Å². The van der Waals surface area contributed by atoms with Gasteiger partial charge in [0, 0.05) is 17.5 Å². The van der Waals surface area contributed by atoms with E-state index in [4.69, 9.17) is 9.15 Å². The molecule has 1 saturated carbocycles. The number of sulfonamides is 1. The molecule has 0 amide bonds. The van der Waals surface area contributed by atoms with E-state index >= 15 is 0 Å². The van der Waals surface area contributed by atoms with Crippen LogP contribution in [-0.2, 0) is 10.0 Å². The van der Waals surface area contributed by atoms with Crippen LogP contribution >= 0.6 is 0 Å². The highest BCUT2D eigenvalue weighted by atomic mass is 32.2. The third kappa shape index (κ3) is 4.19. The van der Waals surface area contributed by atoms with Gasteiger partial charge in [-0.1, -0.05) is 0 Å². The second-order valence-electron chi connectivity index (χ2n) is 8.21. The SMILES string of the molecule is COc1cc([C@@H]2C[C@H]2C(F)(F)F)c(F)cc1-n1c(=O)ccc2cc(S(=O)(=O)Nc3ncco3)ccc21. The molecule has 1 aliphatic carbocycles. The maximum absolute atomic E-state index is 15.0. The zero-order valence-electron chi connectivity index (χ0n) is 18.4. The van der Waals surface area contributed by atoms with Crippen molar-refractivity contribution >= 4 is 26.9 Å². The maximum Gasteiger partial charge on any atom is 0.392 e. The zero-order valence-corrected chi connectivity index (χ0v) is 19.2. The lowest BCUT2D eigenvalue weighted by Gasteiger charge is -2.16. The van der Waals surface area contributed by atoms with Gasteiger partial charge < -0.3 is 9.15 Å². The van der Waals surface area contributed by atoms with E-state index in [0.29, 0.717) is 5.39 Å². The van der Waals surface area contributed by atoms with Gasteiger partial charge in [0.1, 0.15) is 17.8 Å². The van der Waals surface area contributed by atoms with E-state index < -0.39 is 39.4 Å². The Morgan fingerprint density at radius 2 is 1.94 bits per heavy atom. The molecule has 188 valence electrons. The monoisotopic (exact) mass is 523 g/mol. The molecule has 8 nitrogen and oxygen atoms in total. The third-order valence-corrected chi connectivity index (χ3v) is 7.30. The molecule has 0 radical (unpaired) electrons. The maximum atomic E-state index is 15.0. The summed E-state index contributed by atoms with van der Waals surface area (Å²) in [5.41, 5.74) is -0.534. The van der Waals surface area contributed by atoms with Crippen LogP contribution in [0.4, 0.5) is 23.6 Å². The quantitative estimate of drug-likeness (QED) is 0.371. The smallest absolute Gasteiger partial charge is 0.392 e. The van der Waals surface area contributed by atoms with Crippen molar-refractivity contribution in [3.8, 4) is 11.4 Å². The molecule has 13 heteroatoms. The number of halogens is 4. The molecule has 2 aromatic heterocycles. The summed E-state index contributed by atoms with van der Waals surface area (Å²) in [6.07, 6.45) is -2.20. The number of hydrogen-bond donors (Lipinski definition) is 1. The summed E-state index contributed by atoms with van der Waals surface area (Å²) in [6, 6.07) is 8.34. The molecule has 0 aliphatic heterocycles. The predicted molar refractivity (Wildman–Crippen MR) is 120 cm³/mol. The minimum absolute atomic E-state index is 0.00363. The Morgan fingerprint density at radius 1 is 1.17 bits per heavy atom. The largest absolute Gasteiger partial charge is 0.495 e. The molecule has 1 fully saturated rings. The Balaban J connectivity index is 1.59. The van der Waals surface area contributed by atoms with Gasteiger partial charge in [-0.3, -0.25) is 9.36 Å². The topological polar surface area (TPSA) is 103 Å². The highest BCUT2D eigenvalue weighted by Crippen LogP contribution is 2.57. The zero-order chi connectivity index (χ0) is 25.8. The summed E-state index contributed by atoms with van der Waals surface area (Å²) in [5.74, 6) is -3.56. The highest BCUT2D eigenvalue weighted by Gasteiger charge is 2.57. The lowest BCUT2D eigenvalue weighted by molar-refractivity contribution is -0.148. The van der Waals surface area contributed by atoms with Crippen molar-refractivity contribution in [2.45, 2.75) is 23.4 Å². The predicted octanol–water partition coefficient (Wildman–Crippen LogP) is 4.59. The lowest BCUT2D eigenvalue weighted by Crippen LogP contribution is -2.19. The van der Waals surface area contributed by atoms with Crippen LogP contribution in [0.15, 0.2) is 69.0 Å². The van der Waals surface area contributed by atoms with Crippen molar-refractivity contribution in [3.63, 3.8) is 0 Å². The minimum atomic E-state index is -4.44. The molecule has 0 unspecified atom stereocenters. The number of rotatable bonds is 6. The number of methoxy groups -OCH3 is 1. The number of aromatic nitrogens is 2. The number of nitrogens with zero attached hydrogens (tertiary/aromatic N) is 2. The fourth-order valence-corrected chi connectivity index (χ4v) is 5.15. The third-order valence-electron chi connectivity index (χ3n) is 5.98. The first kappa shape index (κ1) is 23.9. The number of hydrogen-bond acceptors (Lipinski definition) is 6. The normalized spacial score (nSPS) is 17.8. The number of alkyl halides is 3. The van der Waals surface area contributed by atoms with Crippen molar-refractivity contribution in [1.82, 2.24) is 9.55 Å². The minimum Gasteiger partial charge on any atom is -0.495 e. The molecule has 0 spiro atoms. The summed E-state index contributed by atoms with van der Waals surface area (Å²) in [5, 5.41) is 0.316. The van der Waals surface area contributed by atoms with Crippen LogP contribution in [0.1, 0.15) is 17.9 Å². The molecule has 36 heavy (non-hydrogen) atoms. The molecule has 2 aromatic carbocycles. The van der Waals surface area contributed by atoms with Crippen LogP contribution in [0.25, 0.3) is 16.6 Å². The number of fused-ring (bicyclic) bond motifs is 1. The standard InChI is InChI=1S/C23H17F4N3O5S/c1-34-20-10-15(14-9-16(14)23(25,26)27)17(24)11-19(20)30-18-4-3-13(8-12(18)2-5-21(30)31)36(32,33)29-22-28-6-7-35-22/h2-8,10-11,14,16H,9H2,1H3,(H,28,29)/t14-,16+/m0/s1. The summed E-state index contributed by atoms with van der Waals surface area (Å²) in [6.45, 7) is 0. The molecular weight excluding hydrogens is 506 g/mol. The highest BCUT2D eigenvalue weighted by molar-refractivity contribution is 7.92. The van der Waals surface area contributed by atoms with E-state index in [1.54, 1.807) is 0 Å². The molecule has 2 heterocycles. The molecule has 0 bridgehead atoms. The molecule has 1 aliphatic rings. The van der Waals surface area contributed by atoms with Crippen LogP contribution < -0.4 is 15.0 Å². The second kappa shape index (κ2) is 8.36. The summed E-state index contributed by atoms with van der Waals surface area (Å²) in [4.78, 5) is 16.4. The van der Waals surface area contributed by atoms with Crippen LogP contribution in [0.5, 0.6) is 5.75 Å². The Morgan fingerprint density at radius 3 is 2.58 bits per heavy atom. The van der Waals surface area contributed by atoms with Gasteiger partial charge in [0.05, 0.1) is 35.3 Å². The van der Waals surface area contributed by atoms with Crippen LogP contribution in [0.2, 0.25) is 0 Å². The molecule has 0 saturated heterocycles. The van der Waals surface area contributed by atoms with E-state index in [-0.39, 0.29) is 39.8 Å². The Hall–Kier alpha value is -3.87. The first-order chi connectivity index (χ1) is 17.0. The van der Waals surface area contributed by atoms with Crippen LogP contribution in [-0.4, -0.2) is 31.3 Å². The van der Waals surface area contributed by atoms with E-state index in [1.807, 2.05) is 0 Å². The van der Waals surface area contributed by atoms with Gasteiger partial charge in [-0.25, -0.2) is 22.5 Å². The van der Waals surface area contributed by atoms with E-state index in [1.165, 1.54) is 49.9 Å². The number of benzene rings is 2. The molecule has 2 atom stereocenters. The van der Waals surface area contributed by atoms with Crippen LogP contribution in [0.3, 0.4) is 0 Å². The fourth-order valence-electron chi connectivity index (χ4n) is 4.17. The summed E-state index contributed by atoms with van der Waals surface area (Å²) >= 11 is 0. The van der Waals surface area contributed by atoms with Gasteiger partial charge in [-0.2, -0.15) is 13.2 Å². The Bertz CT molecular complexity index is 1630. The number of oxazole rings is 1. The fraction of sp³-hybridized carbons (Fsp3) is 0.217. The summed E-state index contributed by atoms with van der Waals surface area (Å²) < 4.78 is 92.9. The number of pyridine rings is 1. The molecule has 1 N–H and O–H groups in total. The molecule has 5 rings (SSSR count). The van der Waals surface area contributed by atoms with Crippen molar-refractivity contribution in [3.05, 3.63) is 76.7 Å². The van der Waals surface area contributed by atoms with Gasteiger partial charge in [-0.15, -0.1) is 0 Å². The number of ether oxygens (including phenoxy) is 1. The second-order valence-corrected chi connectivity index (χ2v) is 9.89. The lowest BCUT2D eigenvalue weighted by atomic mass is 10.1.